The van der Waals surface area contributed by atoms with Crippen LogP contribution in [0.5, 0.6) is 0 Å². The summed E-state index contributed by atoms with van der Waals surface area (Å²) in [6, 6.07) is 6.62. The van der Waals surface area contributed by atoms with E-state index in [1.165, 1.54) is 19.3 Å². The fourth-order valence-corrected chi connectivity index (χ4v) is 3.06. The molecule has 0 aliphatic carbocycles. The standard InChI is InChI=1S/C13H17Cl2N/c1-2-11-6-4-8-16(11)13-10(9-14)5-3-7-12(13)15/h3,5,7,11H,2,4,6,8-9H2,1H3. The van der Waals surface area contributed by atoms with Gasteiger partial charge >= 0.3 is 0 Å². The number of hydrogen-bond donors (Lipinski definition) is 0. The molecule has 1 aliphatic heterocycles. The van der Waals surface area contributed by atoms with Gasteiger partial charge in [0, 0.05) is 18.5 Å². The maximum Gasteiger partial charge on any atom is 0.0642 e. The molecule has 1 aliphatic rings. The minimum absolute atomic E-state index is 0.531. The summed E-state index contributed by atoms with van der Waals surface area (Å²) in [6.07, 6.45) is 3.70. The van der Waals surface area contributed by atoms with E-state index >= 15 is 0 Å². The van der Waals surface area contributed by atoms with Crippen molar-refractivity contribution in [1.82, 2.24) is 0 Å². The molecule has 1 aromatic carbocycles. The SMILES string of the molecule is CCC1CCCN1c1c(Cl)cccc1CCl. The monoisotopic (exact) mass is 257 g/mol. The van der Waals surface area contributed by atoms with Gasteiger partial charge < -0.3 is 4.90 Å². The second-order valence-electron chi connectivity index (χ2n) is 4.28. The van der Waals surface area contributed by atoms with Crippen LogP contribution < -0.4 is 4.90 Å². The fourth-order valence-electron chi connectivity index (χ4n) is 2.54. The quantitative estimate of drug-likeness (QED) is 0.723. The van der Waals surface area contributed by atoms with Crippen molar-refractivity contribution in [2.45, 2.75) is 38.1 Å². The zero-order valence-corrected chi connectivity index (χ0v) is 11.1. The lowest BCUT2D eigenvalue weighted by atomic mass is 10.1. The van der Waals surface area contributed by atoms with Crippen LogP contribution in [0.4, 0.5) is 5.69 Å². The largest absolute Gasteiger partial charge is 0.367 e. The van der Waals surface area contributed by atoms with Gasteiger partial charge in [0.2, 0.25) is 0 Å². The zero-order chi connectivity index (χ0) is 11.5. The summed E-state index contributed by atoms with van der Waals surface area (Å²) >= 11 is 12.3. The highest BCUT2D eigenvalue weighted by atomic mass is 35.5. The van der Waals surface area contributed by atoms with Gasteiger partial charge in [0.15, 0.2) is 0 Å². The Balaban J connectivity index is 2.38. The van der Waals surface area contributed by atoms with Crippen molar-refractivity contribution in [3.05, 3.63) is 28.8 Å². The van der Waals surface area contributed by atoms with Crippen molar-refractivity contribution in [2.75, 3.05) is 11.4 Å². The molecular weight excluding hydrogens is 241 g/mol. The van der Waals surface area contributed by atoms with Gasteiger partial charge in [-0.3, -0.25) is 0 Å². The number of rotatable bonds is 3. The zero-order valence-electron chi connectivity index (χ0n) is 9.55. The van der Waals surface area contributed by atoms with Crippen LogP contribution in [0, 0.1) is 0 Å². The molecule has 0 bridgehead atoms. The molecule has 1 saturated heterocycles. The van der Waals surface area contributed by atoms with Crippen LogP contribution in [0.2, 0.25) is 5.02 Å². The predicted molar refractivity (Wildman–Crippen MR) is 71.7 cm³/mol. The smallest absolute Gasteiger partial charge is 0.0642 e. The lowest BCUT2D eigenvalue weighted by Crippen LogP contribution is -2.29. The van der Waals surface area contributed by atoms with Gasteiger partial charge in [-0.15, -0.1) is 11.6 Å². The molecule has 0 radical (unpaired) electrons. The topological polar surface area (TPSA) is 3.24 Å². The number of halogens is 2. The maximum atomic E-state index is 6.31. The minimum atomic E-state index is 0.531. The van der Waals surface area contributed by atoms with E-state index in [2.05, 4.69) is 17.9 Å². The summed E-state index contributed by atoms with van der Waals surface area (Å²) < 4.78 is 0. The maximum absolute atomic E-state index is 6.31. The fraction of sp³-hybridized carbons (Fsp3) is 0.538. The lowest BCUT2D eigenvalue weighted by molar-refractivity contribution is 0.644. The first-order valence-electron chi connectivity index (χ1n) is 5.88. The molecule has 1 fully saturated rings. The van der Waals surface area contributed by atoms with E-state index in [1.54, 1.807) is 0 Å². The van der Waals surface area contributed by atoms with Crippen LogP contribution in [0.15, 0.2) is 18.2 Å². The van der Waals surface area contributed by atoms with E-state index in [4.69, 9.17) is 23.2 Å². The molecule has 1 nitrogen and oxygen atoms in total. The molecule has 1 unspecified atom stereocenters. The van der Waals surface area contributed by atoms with Crippen molar-refractivity contribution in [3.8, 4) is 0 Å². The normalized spacial score (nSPS) is 20.4. The van der Waals surface area contributed by atoms with Gasteiger partial charge in [0.05, 0.1) is 10.7 Å². The van der Waals surface area contributed by atoms with Crippen molar-refractivity contribution in [3.63, 3.8) is 0 Å². The summed E-state index contributed by atoms with van der Waals surface area (Å²) in [7, 11) is 0. The van der Waals surface area contributed by atoms with Crippen molar-refractivity contribution >= 4 is 28.9 Å². The highest BCUT2D eigenvalue weighted by Crippen LogP contribution is 2.36. The van der Waals surface area contributed by atoms with E-state index in [0.717, 1.165) is 22.8 Å². The number of benzene rings is 1. The Kier molecular flexibility index (Phi) is 3.99. The summed E-state index contributed by atoms with van der Waals surface area (Å²) in [6.45, 7) is 3.34. The molecule has 1 aromatic rings. The summed E-state index contributed by atoms with van der Waals surface area (Å²) in [5.41, 5.74) is 2.30. The molecule has 88 valence electrons. The Bertz CT molecular complexity index is 365. The Labute approximate surface area is 107 Å². The number of alkyl halides is 1. The van der Waals surface area contributed by atoms with Crippen LogP contribution in [0.25, 0.3) is 0 Å². The highest BCUT2D eigenvalue weighted by Gasteiger charge is 2.26. The van der Waals surface area contributed by atoms with E-state index < -0.39 is 0 Å². The van der Waals surface area contributed by atoms with E-state index in [9.17, 15) is 0 Å². The van der Waals surface area contributed by atoms with Crippen LogP contribution in [0.3, 0.4) is 0 Å². The first kappa shape index (κ1) is 12.1. The second kappa shape index (κ2) is 5.29. The first-order chi connectivity index (χ1) is 7.77. The molecular formula is C13H17Cl2N. The highest BCUT2D eigenvalue weighted by molar-refractivity contribution is 6.33. The van der Waals surface area contributed by atoms with Crippen molar-refractivity contribution < 1.29 is 0 Å². The van der Waals surface area contributed by atoms with Crippen molar-refractivity contribution in [2.24, 2.45) is 0 Å². The van der Waals surface area contributed by atoms with E-state index in [1.807, 2.05) is 12.1 Å². The van der Waals surface area contributed by atoms with Gasteiger partial charge in [0.25, 0.3) is 0 Å². The minimum Gasteiger partial charge on any atom is -0.367 e. The molecule has 0 spiro atoms. The molecule has 1 heterocycles. The van der Waals surface area contributed by atoms with Crippen LogP contribution in [0.1, 0.15) is 31.7 Å². The van der Waals surface area contributed by atoms with Crippen LogP contribution in [-0.4, -0.2) is 12.6 Å². The number of anilines is 1. The molecule has 0 saturated carbocycles. The first-order valence-corrected chi connectivity index (χ1v) is 6.79. The third kappa shape index (κ3) is 2.16. The molecule has 16 heavy (non-hydrogen) atoms. The van der Waals surface area contributed by atoms with E-state index in [-0.39, 0.29) is 0 Å². The average molecular weight is 258 g/mol. The summed E-state index contributed by atoms with van der Waals surface area (Å²) in [5.74, 6) is 0.531. The lowest BCUT2D eigenvalue weighted by Gasteiger charge is -2.28. The molecule has 3 heteroatoms. The van der Waals surface area contributed by atoms with Crippen LogP contribution in [-0.2, 0) is 5.88 Å². The molecule has 1 atom stereocenters. The third-order valence-corrected chi connectivity index (χ3v) is 3.94. The number of para-hydroxylation sites is 1. The number of hydrogen-bond acceptors (Lipinski definition) is 1. The molecule has 2 rings (SSSR count). The third-order valence-electron chi connectivity index (χ3n) is 3.35. The van der Waals surface area contributed by atoms with Gasteiger partial charge in [-0.05, 0) is 30.9 Å². The van der Waals surface area contributed by atoms with E-state index in [0.29, 0.717) is 11.9 Å². The second-order valence-corrected chi connectivity index (χ2v) is 4.95. The molecule has 0 amide bonds. The van der Waals surface area contributed by atoms with Gasteiger partial charge in [-0.2, -0.15) is 0 Å². The predicted octanol–water partition coefficient (Wildman–Crippen LogP) is 4.46. The van der Waals surface area contributed by atoms with Crippen molar-refractivity contribution in [1.29, 1.82) is 0 Å². The van der Waals surface area contributed by atoms with Gasteiger partial charge in [-0.25, -0.2) is 0 Å². The molecule has 0 N–H and O–H groups in total. The Hall–Kier alpha value is -0.400. The van der Waals surface area contributed by atoms with Crippen LogP contribution >= 0.6 is 23.2 Å². The van der Waals surface area contributed by atoms with Gasteiger partial charge in [-0.1, -0.05) is 30.7 Å². The Morgan fingerprint density at radius 3 is 2.94 bits per heavy atom. The number of nitrogens with zero attached hydrogens (tertiary/aromatic N) is 1. The summed E-state index contributed by atoms with van der Waals surface area (Å²) in [4.78, 5) is 2.43. The summed E-state index contributed by atoms with van der Waals surface area (Å²) in [5, 5.41) is 0.832. The van der Waals surface area contributed by atoms with Gasteiger partial charge in [0.1, 0.15) is 0 Å². The average Bonchev–Trinajstić information content (AvgIpc) is 2.76. The Morgan fingerprint density at radius 1 is 1.44 bits per heavy atom. The molecule has 0 aromatic heterocycles. The Morgan fingerprint density at radius 2 is 2.25 bits per heavy atom.